The van der Waals surface area contributed by atoms with Crippen molar-refractivity contribution in [2.45, 2.75) is 44.1 Å². The van der Waals surface area contributed by atoms with E-state index >= 15 is 0 Å². The molecule has 2 aliphatic rings. The van der Waals surface area contributed by atoms with Crippen LogP contribution < -0.4 is 15.2 Å². The van der Waals surface area contributed by atoms with Crippen LogP contribution in [-0.2, 0) is 15.1 Å². The van der Waals surface area contributed by atoms with Crippen molar-refractivity contribution in [2.24, 2.45) is 11.1 Å². The highest BCUT2D eigenvalue weighted by Gasteiger charge is 2.46. The van der Waals surface area contributed by atoms with E-state index in [1.54, 1.807) is 14.2 Å². The fraction of sp³-hybridized carbons (Fsp3) is 0.417. The zero-order chi connectivity index (χ0) is 30.3. The molecule has 0 radical (unpaired) electrons. The normalized spacial score (nSPS) is 16.0. The molecule has 0 saturated heterocycles. The molecule has 0 aromatic heterocycles. The topological polar surface area (TPSA) is 94.2 Å². The van der Waals surface area contributed by atoms with Crippen LogP contribution in [0.3, 0.4) is 0 Å². The molecular weight excluding hydrogens is 540 g/mol. The van der Waals surface area contributed by atoms with Gasteiger partial charge < -0.3 is 30.0 Å². The summed E-state index contributed by atoms with van der Waals surface area (Å²) in [5.74, 6) is 1.74. The van der Waals surface area contributed by atoms with Crippen LogP contribution >= 0.6 is 0 Å². The second kappa shape index (κ2) is 13.8. The molecule has 0 bridgehead atoms. The van der Waals surface area contributed by atoms with Gasteiger partial charge in [0.15, 0.2) is 0 Å². The maximum atomic E-state index is 12.9. The van der Waals surface area contributed by atoms with Gasteiger partial charge in [0, 0.05) is 24.9 Å². The molecule has 1 aliphatic heterocycles. The predicted molar refractivity (Wildman–Crippen MR) is 168 cm³/mol. The van der Waals surface area contributed by atoms with Gasteiger partial charge in [0.25, 0.3) is 0 Å². The van der Waals surface area contributed by atoms with Crippen molar-refractivity contribution in [2.75, 3.05) is 47.1 Å². The number of rotatable bonds is 14. The molecule has 0 saturated carbocycles. The van der Waals surface area contributed by atoms with Crippen LogP contribution in [0.4, 0.5) is 0 Å². The minimum atomic E-state index is -0.944. The Balaban J connectivity index is 1.42. The Kier molecular flexibility index (Phi) is 9.86. The van der Waals surface area contributed by atoms with Crippen molar-refractivity contribution in [3.05, 3.63) is 107 Å². The van der Waals surface area contributed by atoms with Crippen LogP contribution in [0, 0.1) is 5.41 Å². The Morgan fingerprint density at radius 1 is 0.814 bits per heavy atom. The van der Waals surface area contributed by atoms with E-state index in [0.717, 1.165) is 47.5 Å². The Morgan fingerprint density at radius 3 is 1.84 bits per heavy atom. The van der Waals surface area contributed by atoms with E-state index < -0.39 is 11.0 Å². The number of amides is 1. The number of hydrogen-bond acceptors (Lipinski definition) is 6. The van der Waals surface area contributed by atoms with Crippen molar-refractivity contribution in [3.63, 3.8) is 0 Å². The first-order valence-corrected chi connectivity index (χ1v) is 15.2. The van der Waals surface area contributed by atoms with Crippen LogP contribution in [0.1, 0.15) is 55.2 Å². The van der Waals surface area contributed by atoms with E-state index in [-0.39, 0.29) is 12.5 Å². The molecule has 3 aromatic rings. The van der Waals surface area contributed by atoms with Crippen molar-refractivity contribution < 1.29 is 24.1 Å². The molecule has 7 heteroatoms. The van der Waals surface area contributed by atoms with Gasteiger partial charge in [0.1, 0.15) is 17.1 Å². The van der Waals surface area contributed by atoms with E-state index in [0.29, 0.717) is 45.5 Å². The number of ether oxygens (including phenoxy) is 3. The Labute approximate surface area is 255 Å². The number of carbonyl (C=O) groups is 1. The molecule has 7 nitrogen and oxygen atoms in total. The number of unbranched alkanes of at least 4 members (excludes halogenated alkanes) is 2. The molecule has 1 amide bonds. The van der Waals surface area contributed by atoms with Crippen LogP contribution in [0.5, 0.6) is 11.5 Å². The number of nitrogens with zero attached hydrogens (tertiary/aromatic N) is 1. The monoisotopic (exact) mass is 584 g/mol. The Bertz CT molecular complexity index is 1320. The van der Waals surface area contributed by atoms with Gasteiger partial charge in [0.2, 0.25) is 5.91 Å². The first kappa shape index (κ1) is 30.8. The highest BCUT2D eigenvalue weighted by atomic mass is 16.5. The number of hydrogen-bond donors (Lipinski definition) is 2. The summed E-state index contributed by atoms with van der Waals surface area (Å²) >= 11 is 0. The van der Waals surface area contributed by atoms with Crippen molar-refractivity contribution in [3.8, 4) is 11.5 Å². The number of methoxy groups -OCH3 is 2. The van der Waals surface area contributed by atoms with Crippen LogP contribution in [0.2, 0.25) is 0 Å². The smallest absolute Gasteiger partial charge is 0.223 e. The first-order chi connectivity index (χ1) is 21.0. The lowest BCUT2D eigenvalue weighted by molar-refractivity contribution is -0.130. The van der Waals surface area contributed by atoms with Gasteiger partial charge >= 0.3 is 0 Å². The van der Waals surface area contributed by atoms with Gasteiger partial charge in [0.05, 0.1) is 27.4 Å². The summed E-state index contributed by atoms with van der Waals surface area (Å²) in [6, 6.07) is 26.2. The molecule has 0 spiro atoms. The lowest BCUT2D eigenvalue weighted by Crippen LogP contribution is -2.40. The molecule has 0 atom stereocenters. The van der Waals surface area contributed by atoms with Gasteiger partial charge in [-0.15, -0.1) is 0 Å². The van der Waals surface area contributed by atoms with Crippen LogP contribution in [0.15, 0.2) is 90.0 Å². The van der Waals surface area contributed by atoms with E-state index in [1.807, 2.05) is 71.6 Å². The van der Waals surface area contributed by atoms with Crippen molar-refractivity contribution in [1.82, 2.24) is 4.90 Å². The summed E-state index contributed by atoms with van der Waals surface area (Å²) in [6.07, 6.45) is 4.82. The van der Waals surface area contributed by atoms with E-state index in [9.17, 15) is 9.90 Å². The number of likely N-dealkylation sites (tertiary alicyclic amines) is 1. The summed E-state index contributed by atoms with van der Waals surface area (Å²) in [5, 5.41) is 10.8. The Hall–Kier alpha value is -3.65. The average molecular weight is 585 g/mol. The van der Waals surface area contributed by atoms with Gasteiger partial charge in [-0.25, -0.2) is 0 Å². The molecule has 5 rings (SSSR count). The maximum absolute atomic E-state index is 12.9. The fourth-order valence-electron chi connectivity index (χ4n) is 6.60. The van der Waals surface area contributed by atoms with Crippen LogP contribution in [0.25, 0.3) is 0 Å². The van der Waals surface area contributed by atoms with Gasteiger partial charge in [-0.3, -0.25) is 4.79 Å². The van der Waals surface area contributed by atoms with Gasteiger partial charge in [-0.2, -0.15) is 0 Å². The molecule has 228 valence electrons. The highest BCUT2D eigenvalue weighted by molar-refractivity contribution is 5.77. The largest absolute Gasteiger partial charge is 0.497 e. The lowest BCUT2D eigenvalue weighted by atomic mass is 9.79. The van der Waals surface area contributed by atoms with E-state index in [2.05, 4.69) is 12.1 Å². The quantitative estimate of drug-likeness (QED) is 0.149. The predicted octanol–water partition coefficient (Wildman–Crippen LogP) is 5.44. The minimum absolute atomic E-state index is 0.00311. The molecule has 0 fully saturated rings. The molecule has 1 heterocycles. The highest BCUT2D eigenvalue weighted by Crippen LogP contribution is 2.49. The second-order valence-electron chi connectivity index (χ2n) is 11.9. The summed E-state index contributed by atoms with van der Waals surface area (Å²) < 4.78 is 18.1. The second-order valence-corrected chi connectivity index (χ2v) is 11.9. The molecule has 3 N–H and O–H groups in total. The molecule has 0 unspecified atom stereocenters. The van der Waals surface area contributed by atoms with Crippen molar-refractivity contribution in [1.29, 1.82) is 0 Å². The third-order valence-electron chi connectivity index (χ3n) is 8.99. The average Bonchev–Trinajstić information content (AvgIpc) is 3.61. The van der Waals surface area contributed by atoms with E-state index in [1.165, 1.54) is 11.1 Å². The summed E-state index contributed by atoms with van der Waals surface area (Å²) in [7, 11) is 3.32. The van der Waals surface area contributed by atoms with E-state index in [4.69, 9.17) is 19.9 Å². The molecule has 1 aliphatic carbocycles. The minimum Gasteiger partial charge on any atom is -0.497 e. The standard InChI is InChI=1S/C36H44N2O5/c1-41-32-16-12-30(13-17-32)36(29-9-5-3-6-10-29,31-14-18-33(42-2)19-15-31)43-26-35(25-39)21-27-23-38(24-28(27)22-35)34(40)11-7-4-8-20-37/h3,5-6,9-10,12-19,39H,4,7-8,11,20-26,37H2,1-2H3. The Morgan fingerprint density at radius 2 is 1.35 bits per heavy atom. The summed E-state index contributed by atoms with van der Waals surface area (Å²) in [6.45, 7) is 2.31. The van der Waals surface area contributed by atoms with Crippen LogP contribution in [-0.4, -0.2) is 63.0 Å². The first-order valence-electron chi connectivity index (χ1n) is 15.2. The number of aliphatic hydroxyl groups is 1. The summed E-state index contributed by atoms with van der Waals surface area (Å²) in [4.78, 5) is 14.8. The van der Waals surface area contributed by atoms with Gasteiger partial charge in [-0.1, -0.05) is 61.0 Å². The third kappa shape index (κ3) is 6.49. The molecule has 3 aromatic carbocycles. The molecule has 43 heavy (non-hydrogen) atoms. The number of aliphatic hydroxyl groups excluding tert-OH is 1. The number of benzene rings is 3. The maximum Gasteiger partial charge on any atom is 0.223 e. The van der Waals surface area contributed by atoms with Gasteiger partial charge in [-0.05, 0) is 84.3 Å². The zero-order valence-corrected chi connectivity index (χ0v) is 25.4. The lowest BCUT2D eigenvalue weighted by Gasteiger charge is -2.40. The SMILES string of the molecule is COc1ccc(C(OCC2(CO)CC3=C(CN(C(=O)CCCCCN)C3)C2)(c2ccccc2)c2ccc(OC)cc2)cc1. The number of carbonyl (C=O) groups excluding carboxylic acids is 1. The number of nitrogens with two attached hydrogens (primary N) is 1. The summed E-state index contributed by atoms with van der Waals surface area (Å²) in [5.41, 5.74) is 9.65. The molecular formula is C36H44N2O5. The van der Waals surface area contributed by atoms with Crippen molar-refractivity contribution >= 4 is 5.91 Å². The third-order valence-corrected chi connectivity index (χ3v) is 8.99. The zero-order valence-electron chi connectivity index (χ0n) is 25.4. The fourth-order valence-corrected chi connectivity index (χ4v) is 6.60.